The van der Waals surface area contributed by atoms with E-state index in [2.05, 4.69) is 20.4 Å². The van der Waals surface area contributed by atoms with Gasteiger partial charge in [-0.05, 0) is 125 Å². The highest BCUT2D eigenvalue weighted by atomic mass is 15.2. The summed E-state index contributed by atoms with van der Waals surface area (Å²) < 4.78 is 0. The fraction of sp³-hybridized carbons (Fsp3) is 0.690. The zero-order valence-corrected chi connectivity index (χ0v) is 20.9. The Morgan fingerprint density at radius 2 is 0.889 bits per heavy atom. The number of H-pyrrole nitrogens is 2. The minimum absolute atomic E-state index is 0.216. The lowest BCUT2D eigenvalue weighted by Gasteiger charge is -2.55. The van der Waals surface area contributed by atoms with Crippen molar-refractivity contribution in [2.75, 3.05) is 0 Å². The smallest absolute Gasteiger partial charge is 0.199 e. The number of rotatable bonds is 4. The number of nitrogens with one attached hydrogen (secondary N) is 2. The fourth-order valence-electron chi connectivity index (χ4n) is 10.7. The minimum Gasteiger partial charge on any atom is -0.262 e. The van der Waals surface area contributed by atoms with Gasteiger partial charge >= 0.3 is 0 Å². The summed E-state index contributed by atoms with van der Waals surface area (Å²) in [5.41, 5.74) is 2.05. The normalized spacial score (nSPS) is 41.9. The summed E-state index contributed by atoms with van der Waals surface area (Å²) in [4.78, 5) is 15.1. The second-order valence-electron chi connectivity index (χ2n) is 13.8. The lowest BCUT2D eigenvalue weighted by atomic mass is 9.49. The van der Waals surface area contributed by atoms with Crippen LogP contribution in [0.2, 0.25) is 0 Å². The van der Waals surface area contributed by atoms with Crippen LogP contribution in [0.15, 0.2) is 18.2 Å². The summed E-state index contributed by atoms with van der Waals surface area (Å²) in [6.45, 7) is 0. The zero-order chi connectivity index (χ0) is 23.5. The van der Waals surface area contributed by atoms with Crippen molar-refractivity contribution >= 4 is 0 Å². The van der Waals surface area contributed by atoms with Crippen LogP contribution in [-0.2, 0) is 10.8 Å². The third kappa shape index (κ3) is 2.94. The van der Waals surface area contributed by atoms with Crippen molar-refractivity contribution in [3.05, 3.63) is 29.8 Å². The van der Waals surface area contributed by atoms with E-state index in [1.165, 1.54) is 77.0 Å². The largest absolute Gasteiger partial charge is 0.262 e. The van der Waals surface area contributed by atoms with Gasteiger partial charge in [0.1, 0.15) is 23.0 Å². The van der Waals surface area contributed by atoms with Gasteiger partial charge in [-0.3, -0.25) is 10.2 Å². The maximum Gasteiger partial charge on any atom is 0.199 e. The van der Waals surface area contributed by atoms with Crippen LogP contribution < -0.4 is 0 Å². The molecule has 0 unspecified atom stereocenters. The molecule has 3 heterocycles. The number of hydrogen-bond acceptors (Lipinski definition) is 5. The predicted octanol–water partition coefficient (Wildman–Crippen LogP) is 5.59. The molecule has 0 aromatic carbocycles. The number of aromatic nitrogens is 7. The molecular weight excluding hydrogens is 446 g/mol. The molecule has 11 rings (SSSR count). The first-order valence-electron chi connectivity index (χ1n) is 14.4. The standard InChI is InChI=1S/C29H35N7/c1-2-22(24-31-26(35-33-24)28-10-16-4-17(11-28)6-18(5-16)12-28)30-23(3-1)25-32-27(36-34-25)29-13-19-7-20(14-29)9-21(8-19)15-29/h1-3,16-21H,4-15H2,(H,31,33,35)(H,32,34,36). The number of hydrogen-bond donors (Lipinski definition) is 2. The third-order valence-electron chi connectivity index (χ3n) is 11.3. The summed E-state index contributed by atoms with van der Waals surface area (Å²) in [5, 5.41) is 16.0. The summed E-state index contributed by atoms with van der Waals surface area (Å²) in [7, 11) is 0. The molecule has 0 aliphatic heterocycles. The Hall–Kier alpha value is -2.57. The first kappa shape index (κ1) is 20.5. The average Bonchev–Trinajstić information content (AvgIpc) is 3.54. The Morgan fingerprint density at radius 1 is 0.528 bits per heavy atom. The summed E-state index contributed by atoms with van der Waals surface area (Å²) >= 11 is 0. The maximum atomic E-state index is 5.06. The number of pyridine rings is 1. The van der Waals surface area contributed by atoms with Crippen molar-refractivity contribution < 1.29 is 0 Å². The molecule has 0 saturated heterocycles. The molecule has 0 spiro atoms. The van der Waals surface area contributed by atoms with Gasteiger partial charge < -0.3 is 0 Å². The van der Waals surface area contributed by atoms with Crippen molar-refractivity contribution in [2.45, 2.75) is 87.9 Å². The van der Waals surface area contributed by atoms with E-state index in [0.29, 0.717) is 11.6 Å². The predicted molar refractivity (Wildman–Crippen MR) is 135 cm³/mol. The van der Waals surface area contributed by atoms with E-state index < -0.39 is 0 Å². The first-order chi connectivity index (χ1) is 17.6. The van der Waals surface area contributed by atoms with Crippen molar-refractivity contribution in [2.24, 2.45) is 35.5 Å². The summed E-state index contributed by atoms with van der Waals surface area (Å²) in [5.74, 6) is 8.96. The second kappa shape index (κ2) is 7.05. The molecule has 0 atom stereocenters. The zero-order valence-electron chi connectivity index (χ0n) is 20.9. The van der Waals surface area contributed by atoms with Crippen LogP contribution >= 0.6 is 0 Å². The van der Waals surface area contributed by atoms with E-state index in [-0.39, 0.29) is 10.8 Å². The van der Waals surface area contributed by atoms with Gasteiger partial charge in [-0.2, -0.15) is 10.2 Å². The molecule has 2 N–H and O–H groups in total. The van der Waals surface area contributed by atoms with Gasteiger partial charge in [0.15, 0.2) is 11.6 Å². The number of nitrogens with zero attached hydrogens (tertiary/aromatic N) is 5. The molecule has 7 heteroatoms. The Balaban J connectivity index is 1.01. The first-order valence-corrected chi connectivity index (χ1v) is 14.4. The van der Waals surface area contributed by atoms with Gasteiger partial charge in [0.2, 0.25) is 0 Å². The molecule has 8 aliphatic carbocycles. The Bertz CT molecular complexity index is 1170. The molecule has 0 amide bonds. The highest BCUT2D eigenvalue weighted by molar-refractivity contribution is 5.57. The van der Waals surface area contributed by atoms with Crippen molar-refractivity contribution in [1.29, 1.82) is 0 Å². The van der Waals surface area contributed by atoms with Crippen LogP contribution in [-0.4, -0.2) is 35.3 Å². The molecule has 8 fully saturated rings. The van der Waals surface area contributed by atoms with Crippen LogP contribution in [0.4, 0.5) is 0 Å². The third-order valence-corrected chi connectivity index (χ3v) is 11.3. The van der Waals surface area contributed by atoms with Gasteiger partial charge in [-0.1, -0.05) is 6.07 Å². The molecule has 36 heavy (non-hydrogen) atoms. The quantitative estimate of drug-likeness (QED) is 0.507. The van der Waals surface area contributed by atoms with Crippen molar-refractivity contribution in [3.63, 3.8) is 0 Å². The van der Waals surface area contributed by atoms with E-state index in [1.54, 1.807) is 0 Å². The topological polar surface area (TPSA) is 96.0 Å². The van der Waals surface area contributed by atoms with Crippen LogP contribution in [0, 0.1) is 35.5 Å². The SMILES string of the molecule is c1cc(-c2n[nH]c(C34CC5CC(CC(C5)C3)C4)n2)nc(-c2n[nH]c(C34CC5CC(CC(C5)C3)C4)n2)c1. The van der Waals surface area contributed by atoms with Gasteiger partial charge in [-0.25, -0.2) is 15.0 Å². The van der Waals surface area contributed by atoms with E-state index in [4.69, 9.17) is 15.0 Å². The molecule has 3 aromatic heterocycles. The second-order valence-corrected chi connectivity index (χ2v) is 13.8. The average molecular weight is 482 g/mol. The molecule has 0 radical (unpaired) electrons. The maximum absolute atomic E-state index is 5.06. The van der Waals surface area contributed by atoms with Gasteiger partial charge in [-0.15, -0.1) is 0 Å². The fourth-order valence-corrected chi connectivity index (χ4v) is 10.7. The highest BCUT2D eigenvalue weighted by Crippen LogP contribution is 2.61. The molecule has 8 saturated carbocycles. The van der Waals surface area contributed by atoms with Crippen molar-refractivity contribution in [1.82, 2.24) is 35.3 Å². The van der Waals surface area contributed by atoms with Gasteiger partial charge in [0, 0.05) is 10.8 Å². The van der Waals surface area contributed by atoms with E-state index in [9.17, 15) is 0 Å². The molecule has 3 aromatic rings. The minimum atomic E-state index is 0.216. The number of aromatic amines is 2. The van der Waals surface area contributed by atoms with E-state index >= 15 is 0 Å². The van der Waals surface area contributed by atoms with E-state index in [1.807, 2.05) is 18.2 Å². The highest BCUT2D eigenvalue weighted by Gasteiger charge is 2.54. The Morgan fingerprint density at radius 3 is 1.25 bits per heavy atom. The Kier molecular flexibility index (Phi) is 4.01. The van der Waals surface area contributed by atoms with Crippen LogP contribution in [0.1, 0.15) is 88.7 Å². The molecule has 186 valence electrons. The van der Waals surface area contributed by atoms with Gasteiger partial charge in [0.05, 0.1) is 0 Å². The lowest BCUT2D eigenvalue weighted by Crippen LogP contribution is -2.49. The van der Waals surface area contributed by atoms with Crippen LogP contribution in [0.5, 0.6) is 0 Å². The summed E-state index contributed by atoms with van der Waals surface area (Å²) in [6, 6.07) is 6.07. The van der Waals surface area contributed by atoms with Crippen molar-refractivity contribution in [3.8, 4) is 23.0 Å². The molecular formula is C29H35N7. The molecule has 8 bridgehead atoms. The summed E-state index contributed by atoms with van der Waals surface area (Å²) in [6.07, 6.45) is 16.3. The lowest BCUT2D eigenvalue weighted by molar-refractivity contribution is -0.00930. The van der Waals surface area contributed by atoms with Gasteiger partial charge in [0.25, 0.3) is 0 Å². The van der Waals surface area contributed by atoms with Crippen LogP contribution in [0.3, 0.4) is 0 Å². The van der Waals surface area contributed by atoms with E-state index in [0.717, 1.165) is 58.5 Å². The monoisotopic (exact) mass is 481 g/mol. The van der Waals surface area contributed by atoms with Crippen LogP contribution in [0.25, 0.3) is 23.0 Å². The molecule has 7 nitrogen and oxygen atoms in total. The molecule has 8 aliphatic rings. The Labute approximate surface area is 211 Å².